The highest BCUT2D eigenvalue weighted by Crippen LogP contribution is 2.32. The molecule has 1 aliphatic heterocycles. The van der Waals surface area contributed by atoms with Crippen LogP contribution in [-0.2, 0) is 0 Å². The molecule has 0 saturated heterocycles. The fraction of sp³-hybridized carbons (Fsp3) is 0.421. The van der Waals surface area contributed by atoms with Gasteiger partial charge in [0, 0.05) is 26.1 Å². The van der Waals surface area contributed by atoms with Crippen LogP contribution in [0.15, 0.2) is 46.1 Å². The molecule has 2 heterocycles. The Morgan fingerprint density at radius 2 is 2.16 bits per heavy atom. The maximum Gasteiger partial charge on any atom is 0.191 e. The highest BCUT2D eigenvalue weighted by atomic mass is 127. The SMILES string of the molecule is CN=C(NCC(C)c1ccsc1)NCC1CCOc2ccccc21.I. The second-order valence-corrected chi connectivity index (χ2v) is 6.94. The fourth-order valence-electron chi connectivity index (χ4n) is 2.99. The highest BCUT2D eigenvalue weighted by molar-refractivity contribution is 14.0. The standard InChI is InChI=1S/C19H25N3OS.HI/c1-14(16-8-10-24-13-16)11-21-19(20-2)22-12-15-7-9-23-18-6-4-3-5-17(15)18;/h3-6,8,10,13-15H,7,9,11-12H2,1-2H3,(H2,20,21,22);1H. The molecule has 0 aliphatic carbocycles. The van der Waals surface area contributed by atoms with E-state index >= 15 is 0 Å². The third-order valence-corrected chi connectivity index (χ3v) is 5.21. The Balaban J connectivity index is 0.00000225. The monoisotopic (exact) mass is 471 g/mol. The van der Waals surface area contributed by atoms with Crippen molar-refractivity contribution in [2.45, 2.75) is 25.2 Å². The van der Waals surface area contributed by atoms with Gasteiger partial charge in [0.2, 0.25) is 0 Å². The van der Waals surface area contributed by atoms with Crippen LogP contribution in [-0.4, -0.2) is 32.7 Å². The number of guanidine groups is 1. The van der Waals surface area contributed by atoms with Crippen LogP contribution in [0, 0.1) is 0 Å². The quantitative estimate of drug-likeness (QED) is 0.391. The molecule has 0 fully saturated rings. The maximum atomic E-state index is 5.73. The van der Waals surface area contributed by atoms with Gasteiger partial charge in [0.15, 0.2) is 5.96 Å². The van der Waals surface area contributed by atoms with Crippen LogP contribution in [0.5, 0.6) is 5.75 Å². The summed E-state index contributed by atoms with van der Waals surface area (Å²) in [6.45, 7) is 4.76. The van der Waals surface area contributed by atoms with Crippen molar-refractivity contribution in [1.82, 2.24) is 10.6 Å². The summed E-state index contributed by atoms with van der Waals surface area (Å²) >= 11 is 1.74. The summed E-state index contributed by atoms with van der Waals surface area (Å²) in [6, 6.07) is 10.5. The van der Waals surface area contributed by atoms with E-state index in [-0.39, 0.29) is 24.0 Å². The summed E-state index contributed by atoms with van der Waals surface area (Å²) in [6.07, 6.45) is 1.03. The molecular weight excluding hydrogens is 445 g/mol. The molecule has 2 aromatic rings. The normalized spacial score (nSPS) is 17.7. The molecule has 136 valence electrons. The van der Waals surface area contributed by atoms with Crippen LogP contribution in [0.2, 0.25) is 0 Å². The number of ether oxygens (including phenoxy) is 1. The van der Waals surface area contributed by atoms with Gasteiger partial charge in [0.05, 0.1) is 6.61 Å². The van der Waals surface area contributed by atoms with Gasteiger partial charge in [-0.25, -0.2) is 0 Å². The molecule has 0 radical (unpaired) electrons. The van der Waals surface area contributed by atoms with Gasteiger partial charge < -0.3 is 15.4 Å². The zero-order chi connectivity index (χ0) is 16.8. The minimum atomic E-state index is 0. The molecule has 0 saturated carbocycles. The van der Waals surface area contributed by atoms with E-state index in [1.165, 1.54) is 11.1 Å². The lowest BCUT2D eigenvalue weighted by molar-refractivity contribution is 0.267. The smallest absolute Gasteiger partial charge is 0.191 e. The fourth-order valence-corrected chi connectivity index (χ4v) is 3.77. The lowest BCUT2D eigenvalue weighted by Gasteiger charge is -2.26. The molecule has 6 heteroatoms. The molecule has 2 unspecified atom stereocenters. The van der Waals surface area contributed by atoms with Crippen molar-refractivity contribution < 1.29 is 4.74 Å². The van der Waals surface area contributed by atoms with Crippen LogP contribution < -0.4 is 15.4 Å². The predicted octanol–water partition coefficient (Wildman–Crippen LogP) is 4.20. The average Bonchev–Trinajstić information content (AvgIpc) is 3.16. The Hall–Kier alpha value is -1.28. The van der Waals surface area contributed by atoms with Crippen LogP contribution in [0.25, 0.3) is 0 Å². The number of hydrogen-bond donors (Lipinski definition) is 2. The number of aliphatic imine (C=N–C) groups is 1. The van der Waals surface area contributed by atoms with E-state index in [1.807, 2.05) is 13.1 Å². The van der Waals surface area contributed by atoms with Gasteiger partial charge in [-0.05, 0) is 46.4 Å². The first-order valence-corrected chi connectivity index (χ1v) is 9.40. The highest BCUT2D eigenvalue weighted by Gasteiger charge is 2.21. The summed E-state index contributed by atoms with van der Waals surface area (Å²) in [5, 5.41) is 11.2. The van der Waals surface area contributed by atoms with Gasteiger partial charge in [-0.3, -0.25) is 4.99 Å². The van der Waals surface area contributed by atoms with Gasteiger partial charge in [-0.2, -0.15) is 11.3 Å². The number of thiophene rings is 1. The van der Waals surface area contributed by atoms with Crippen LogP contribution in [0.4, 0.5) is 0 Å². The number of benzene rings is 1. The molecule has 0 bridgehead atoms. The van der Waals surface area contributed by atoms with Gasteiger partial charge in [-0.15, -0.1) is 24.0 Å². The van der Waals surface area contributed by atoms with Crippen molar-refractivity contribution in [3.05, 3.63) is 52.2 Å². The number of nitrogens with one attached hydrogen (secondary N) is 2. The molecule has 1 aliphatic rings. The minimum absolute atomic E-state index is 0. The molecular formula is C19H26IN3OS. The molecule has 2 N–H and O–H groups in total. The largest absolute Gasteiger partial charge is 0.493 e. The van der Waals surface area contributed by atoms with Crippen LogP contribution in [0.3, 0.4) is 0 Å². The second kappa shape index (κ2) is 10.0. The molecule has 0 amide bonds. The van der Waals surface area contributed by atoms with Crippen molar-refractivity contribution in [3.8, 4) is 5.75 Å². The molecule has 1 aromatic carbocycles. The first-order valence-electron chi connectivity index (χ1n) is 8.46. The van der Waals surface area contributed by atoms with E-state index in [4.69, 9.17) is 4.74 Å². The molecule has 2 atom stereocenters. The second-order valence-electron chi connectivity index (χ2n) is 6.16. The van der Waals surface area contributed by atoms with Gasteiger partial charge in [-0.1, -0.05) is 25.1 Å². The van der Waals surface area contributed by atoms with Crippen LogP contribution in [0.1, 0.15) is 36.3 Å². The predicted molar refractivity (Wildman–Crippen MR) is 117 cm³/mol. The first-order chi connectivity index (χ1) is 11.8. The van der Waals surface area contributed by atoms with Crippen molar-refractivity contribution in [2.75, 3.05) is 26.7 Å². The minimum Gasteiger partial charge on any atom is -0.493 e. The maximum absolute atomic E-state index is 5.73. The van der Waals surface area contributed by atoms with Gasteiger partial charge >= 0.3 is 0 Å². The number of hydrogen-bond acceptors (Lipinski definition) is 3. The zero-order valence-corrected chi connectivity index (χ0v) is 17.8. The Labute approximate surface area is 171 Å². The van der Waals surface area contributed by atoms with E-state index in [0.717, 1.165) is 37.8 Å². The van der Waals surface area contributed by atoms with E-state index in [1.54, 1.807) is 11.3 Å². The number of fused-ring (bicyclic) bond motifs is 1. The van der Waals surface area contributed by atoms with Gasteiger partial charge in [0.25, 0.3) is 0 Å². The van der Waals surface area contributed by atoms with E-state index in [0.29, 0.717) is 11.8 Å². The lowest BCUT2D eigenvalue weighted by Crippen LogP contribution is -2.41. The summed E-state index contributed by atoms with van der Waals surface area (Å²) in [5.41, 5.74) is 2.67. The molecule has 1 aromatic heterocycles. The lowest BCUT2D eigenvalue weighted by atomic mass is 9.93. The van der Waals surface area contributed by atoms with E-state index < -0.39 is 0 Å². The molecule has 4 nitrogen and oxygen atoms in total. The summed E-state index contributed by atoms with van der Waals surface area (Å²) in [4.78, 5) is 4.35. The molecule has 0 spiro atoms. The summed E-state index contributed by atoms with van der Waals surface area (Å²) < 4.78 is 5.73. The topological polar surface area (TPSA) is 45.7 Å². The average molecular weight is 471 g/mol. The third kappa shape index (κ3) is 5.34. The number of rotatable bonds is 5. The Bertz CT molecular complexity index is 675. The van der Waals surface area contributed by atoms with E-state index in [2.05, 4.69) is 57.6 Å². The van der Waals surface area contributed by atoms with Crippen molar-refractivity contribution in [1.29, 1.82) is 0 Å². The van der Waals surface area contributed by atoms with Gasteiger partial charge in [0.1, 0.15) is 5.75 Å². The molecule has 3 rings (SSSR count). The van der Waals surface area contributed by atoms with Crippen molar-refractivity contribution >= 4 is 41.3 Å². The Kier molecular flexibility index (Phi) is 8.02. The number of para-hydroxylation sites is 1. The summed E-state index contributed by atoms with van der Waals surface area (Å²) in [7, 11) is 1.82. The van der Waals surface area contributed by atoms with E-state index in [9.17, 15) is 0 Å². The number of halogens is 1. The first kappa shape index (κ1) is 20.0. The van der Waals surface area contributed by atoms with Crippen LogP contribution >= 0.6 is 35.3 Å². The zero-order valence-electron chi connectivity index (χ0n) is 14.7. The molecule has 25 heavy (non-hydrogen) atoms. The summed E-state index contributed by atoms with van der Waals surface area (Å²) in [5.74, 6) is 2.81. The number of nitrogens with zero attached hydrogens (tertiary/aromatic N) is 1. The van der Waals surface area contributed by atoms with Crippen molar-refractivity contribution in [2.24, 2.45) is 4.99 Å². The Morgan fingerprint density at radius 1 is 1.32 bits per heavy atom. The Morgan fingerprint density at radius 3 is 2.92 bits per heavy atom. The third-order valence-electron chi connectivity index (χ3n) is 4.51. The van der Waals surface area contributed by atoms with Crippen molar-refractivity contribution in [3.63, 3.8) is 0 Å².